The van der Waals surface area contributed by atoms with Crippen molar-refractivity contribution in [1.29, 1.82) is 0 Å². The van der Waals surface area contributed by atoms with Gasteiger partial charge in [-0.05, 0) is 32.4 Å². The smallest absolute Gasteiger partial charge is 0.319 e. The van der Waals surface area contributed by atoms with E-state index in [4.69, 9.17) is 4.74 Å². The zero-order valence-electron chi connectivity index (χ0n) is 14.6. The van der Waals surface area contributed by atoms with Gasteiger partial charge in [-0.2, -0.15) is 0 Å². The second-order valence-corrected chi connectivity index (χ2v) is 9.11. The fourth-order valence-electron chi connectivity index (χ4n) is 3.48. The van der Waals surface area contributed by atoms with Crippen molar-refractivity contribution >= 4 is 27.2 Å². The molecule has 0 aromatic heterocycles. The summed E-state index contributed by atoms with van der Waals surface area (Å²) in [6.45, 7) is 5.58. The number of ether oxygens (including phenoxy) is 1. The number of benzene rings is 1. The zero-order valence-corrected chi connectivity index (χ0v) is 15.4. The fraction of sp³-hybridized carbons (Fsp3) is 0.588. The van der Waals surface area contributed by atoms with Crippen LogP contribution in [0.1, 0.15) is 20.3 Å². The molecule has 0 unspecified atom stereocenters. The Labute approximate surface area is 148 Å². The molecule has 2 aliphatic rings. The van der Waals surface area contributed by atoms with Crippen molar-refractivity contribution in [3.8, 4) is 0 Å². The first-order valence-electron chi connectivity index (χ1n) is 8.60. The minimum atomic E-state index is -3.02. The third kappa shape index (κ3) is 4.64. The molecule has 2 saturated heterocycles. The van der Waals surface area contributed by atoms with Gasteiger partial charge in [-0.15, -0.1) is 0 Å². The van der Waals surface area contributed by atoms with Crippen LogP contribution in [0.25, 0.3) is 0 Å². The van der Waals surface area contributed by atoms with Gasteiger partial charge in [0.1, 0.15) is 0 Å². The third-order valence-corrected chi connectivity index (χ3v) is 6.25. The Balaban J connectivity index is 1.67. The molecule has 138 valence electrons. The lowest BCUT2D eigenvalue weighted by Gasteiger charge is -2.37. The van der Waals surface area contributed by atoms with E-state index >= 15 is 0 Å². The first kappa shape index (κ1) is 18.0. The highest BCUT2D eigenvalue weighted by Gasteiger charge is 2.29. The number of morpholine rings is 1. The van der Waals surface area contributed by atoms with Gasteiger partial charge in [-0.1, -0.05) is 12.1 Å². The number of hydrogen-bond donors (Lipinski definition) is 2. The molecule has 0 bridgehead atoms. The van der Waals surface area contributed by atoms with Crippen molar-refractivity contribution < 1.29 is 17.9 Å². The number of hydrogen-bond acceptors (Lipinski definition) is 5. The number of amides is 2. The molecule has 0 aliphatic carbocycles. The standard InChI is InChI=1S/C17H25N3O4S/c1-12-9-20(10-13(2)24-12)16-6-4-3-5-15(16)19-17(21)18-14-7-8-25(22,23)11-14/h3-6,12-14H,7-11H2,1-2H3,(H2,18,19,21)/t12-,13+,14-/m0/s1. The average Bonchev–Trinajstić information content (AvgIpc) is 2.85. The maximum Gasteiger partial charge on any atom is 0.319 e. The Kier molecular flexibility index (Phi) is 5.19. The maximum absolute atomic E-state index is 12.3. The summed E-state index contributed by atoms with van der Waals surface area (Å²) >= 11 is 0. The number of nitrogens with one attached hydrogen (secondary N) is 2. The Morgan fingerprint density at radius 3 is 2.52 bits per heavy atom. The Morgan fingerprint density at radius 1 is 1.20 bits per heavy atom. The highest BCUT2D eigenvalue weighted by atomic mass is 32.2. The van der Waals surface area contributed by atoms with E-state index in [2.05, 4.69) is 15.5 Å². The van der Waals surface area contributed by atoms with Crippen molar-refractivity contribution in [1.82, 2.24) is 5.32 Å². The monoisotopic (exact) mass is 367 g/mol. The van der Waals surface area contributed by atoms with Crippen LogP contribution in [0, 0.1) is 0 Å². The van der Waals surface area contributed by atoms with Crippen LogP contribution in [0.3, 0.4) is 0 Å². The maximum atomic E-state index is 12.3. The van der Waals surface area contributed by atoms with Gasteiger partial charge in [0.2, 0.25) is 0 Å². The molecule has 0 spiro atoms. The number of sulfone groups is 1. The molecule has 7 nitrogen and oxygen atoms in total. The predicted molar refractivity (Wildman–Crippen MR) is 97.9 cm³/mol. The molecule has 3 rings (SSSR count). The zero-order chi connectivity index (χ0) is 18.0. The first-order chi connectivity index (χ1) is 11.8. The summed E-state index contributed by atoms with van der Waals surface area (Å²) in [4.78, 5) is 14.5. The van der Waals surface area contributed by atoms with Gasteiger partial charge in [0.15, 0.2) is 9.84 Å². The van der Waals surface area contributed by atoms with Crippen LogP contribution < -0.4 is 15.5 Å². The van der Waals surface area contributed by atoms with Crippen LogP contribution in [0.4, 0.5) is 16.2 Å². The summed E-state index contributed by atoms with van der Waals surface area (Å²) in [5.41, 5.74) is 1.65. The van der Waals surface area contributed by atoms with E-state index in [1.54, 1.807) is 0 Å². The van der Waals surface area contributed by atoms with Gasteiger partial charge in [0.25, 0.3) is 0 Å². The summed E-state index contributed by atoms with van der Waals surface area (Å²) in [6, 6.07) is 6.94. The molecular formula is C17H25N3O4S. The van der Waals surface area contributed by atoms with Crippen molar-refractivity contribution in [2.45, 2.75) is 38.5 Å². The minimum Gasteiger partial charge on any atom is -0.372 e. The number of carbonyl (C=O) groups excluding carboxylic acids is 1. The Hall–Kier alpha value is -1.80. The first-order valence-corrected chi connectivity index (χ1v) is 10.4. The molecule has 2 fully saturated rings. The Bertz CT molecular complexity index is 727. The number of anilines is 2. The molecule has 1 aromatic carbocycles. The average molecular weight is 367 g/mol. The van der Waals surface area contributed by atoms with Crippen LogP contribution in [0.5, 0.6) is 0 Å². The SMILES string of the molecule is C[C@@H]1CN(c2ccccc2NC(=O)N[C@H]2CCS(=O)(=O)C2)C[C@H](C)O1. The van der Waals surface area contributed by atoms with E-state index in [1.165, 1.54) is 0 Å². The van der Waals surface area contributed by atoms with Crippen molar-refractivity contribution in [2.24, 2.45) is 0 Å². The molecule has 2 N–H and O–H groups in total. The highest BCUT2D eigenvalue weighted by molar-refractivity contribution is 7.91. The largest absolute Gasteiger partial charge is 0.372 e. The molecule has 8 heteroatoms. The van der Waals surface area contributed by atoms with E-state index in [0.29, 0.717) is 12.1 Å². The van der Waals surface area contributed by atoms with Gasteiger partial charge in [-0.3, -0.25) is 0 Å². The summed E-state index contributed by atoms with van der Waals surface area (Å²) in [7, 11) is -3.02. The van der Waals surface area contributed by atoms with Crippen molar-refractivity contribution in [2.75, 3.05) is 34.8 Å². The number of para-hydroxylation sites is 2. The minimum absolute atomic E-state index is 0.0144. The van der Waals surface area contributed by atoms with Crippen molar-refractivity contribution in [3.63, 3.8) is 0 Å². The summed E-state index contributed by atoms with van der Waals surface area (Å²) in [5.74, 6) is 0.151. The second-order valence-electron chi connectivity index (χ2n) is 6.88. The lowest BCUT2D eigenvalue weighted by Crippen LogP contribution is -2.46. The third-order valence-electron chi connectivity index (χ3n) is 4.48. The second kappa shape index (κ2) is 7.21. The quantitative estimate of drug-likeness (QED) is 0.847. The molecule has 2 heterocycles. The molecular weight excluding hydrogens is 342 g/mol. The van der Waals surface area contributed by atoms with E-state index in [0.717, 1.165) is 18.8 Å². The van der Waals surface area contributed by atoms with E-state index in [-0.39, 0.29) is 35.8 Å². The van der Waals surface area contributed by atoms with Gasteiger partial charge < -0.3 is 20.3 Å². The molecule has 0 radical (unpaired) electrons. The molecule has 2 amide bonds. The topological polar surface area (TPSA) is 87.7 Å². The van der Waals surface area contributed by atoms with Crippen LogP contribution in [-0.2, 0) is 14.6 Å². The highest BCUT2D eigenvalue weighted by Crippen LogP contribution is 2.28. The normalized spacial score (nSPS) is 28.6. The molecule has 2 aliphatic heterocycles. The number of rotatable bonds is 3. The van der Waals surface area contributed by atoms with Gasteiger partial charge >= 0.3 is 6.03 Å². The summed E-state index contributed by atoms with van der Waals surface area (Å²) in [6.07, 6.45) is 0.708. The lowest BCUT2D eigenvalue weighted by atomic mass is 10.1. The van der Waals surface area contributed by atoms with Gasteiger partial charge in [-0.25, -0.2) is 13.2 Å². The molecule has 0 saturated carbocycles. The lowest BCUT2D eigenvalue weighted by molar-refractivity contribution is -0.00517. The molecule has 25 heavy (non-hydrogen) atoms. The van der Waals surface area contributed by atoms with E-state index in [1.807, 2.05) is 38.1 Å². The van der Waals surface area contributed by atoms with E-state index < -0.39 is 9.84 Å². The van der Waals surface area contributed by atoms with Crippen LogP contribution in [0.2, 0.25) is 0 Å². The molecule has 1 aromatic rings. The number of carbonyl (C=O) groups is 1. The van der Waals surface area contributed by atoms with Crippen LogP contribution in [0.15, 0.2) is 24.3 Å². The summed E-state index contributed by atoms with van der Waals surface area (Å²) < 4.78 is 28.8. The Morgan fingerprint density at radius 2 is 1.88 bits per heavy atom. The van der Waals surface area contributed by atoms with Gasteiger partial charge in [0.05, 0.1) is 35.1 Å². The predicted octanol–water partition coefficient (Wildman–Crippen LogP) is 1.61. The number of nitrogens with zero attached hydrogens (tertiary/aromatic N) is 1. The van der Waals surface area contributed by atoms with Crippen LogP contribution >= 0.6 is 0 Å². The van der Waals surface area contributed by atoms with Crippen molar-refractivity contribution in [3.05, 3.63) is 24.3 Å². The summed E-state index contributed by atoms with van der Waals surface area (Å²) in [5, 5.41) is 5.62. The number of urea groups is 1. The fourth-order valence-corrected chi connectivity index (χ4v) is 5.16. The van der Waals surface area contributed by atoms with Gasteiger partial charge in [0, 0.05) is 19.1 Å². The van der Waals surface area contributed by atoms with E-state index in [9.17, 15) is 13.2 Å². The van der Waals surface area contributed by atoms with Crippen LogP contribution in [-0.4, -0.2) is 57.3 Å². The molecule has 3 atom stereocenters.